The number of aromatic nitrogens is 1. The predicted molar refractivity (Wildman–Crippen MR) is 144 cm³/mol. The van der Waals surface area contributed by atoms with E-state index in [1.54, 1.807) is 18.2 Å². The van der Waals surface area contributed by atoms with Crippen LogP contribution in [0.15, 0.2) is 82.4 Å². The van der Waals surface area contributed by atoms with E-state index in [-0.39, 0.29) is 19.3 Å². The standard InChI is InChI=1S/C29H23BrFN3O3/c1-17-28(29(18-7-3-2-4-8-18)21-15-19(30)11-12-23(21)32-17)24-16-25(20-9-5-6-10-22(20)31)34(33-24)26(35)13-14-27(36)37/h2-12,15,25H,13-14,16H2,1H3,(H,36,37)/t25-/m1/s1. The molecule has 5 rings (SSSR count). The summed E-state index contributed by atoms with van der Waals surface area (Å²) in [6.45, 7) is 1.90. The first-order valence-electron chi connectivity index (χ1n) is 11.8. The minimum Gasteiger partial charge on any atom is -0.481 e. The normalized spacial score (nSPS) is 15.2. The van der Waals surface area contributed by atoms with Crippen molar-refractivity contribution in [3.63, 3.8) is 0 Å². The lowest BCUT2D eigenvalue weighted by atomic mass is 9.89. The van der Waals surface area contributed by atoms with Crippen LogP contribution >= 0.6 is 15.9 Å². The van der Waals surface area contributed by atoms with Gasteiger partial charge in [0.1, 0.15) is 5.82 Å². The fourth-order valence-corrected chi connectivity index (χ4v) is 5.18. The second kappa shape index (κ2) is 10.2. The Morgan fingerprint density at radius 1 is 1.03 bits per heavy atom. The third-order valence-corrected chi connectivity index (χ3v) is 6.96. The molecule has 8 heteroatoms. The van der Waals surface area contributed by atoms with Crippen LogP contribution in [0.1, 0.15) is 42.1 Å². The molecule has 0 saturated heterocycles. The summed E-state index contributed by atoms with van der Waals surface area (Å²) in [5.74, 6) is -1.99. The van der Waals surface area contributed by atoms with Gasteiger partial charge in [-0.25, -0.2) is 9.40 Å². The van der Waals surface area contributed by atoms with E-state index >= 15 is 0 Å². The van der Waals surface area contributed by atoms with Crippen molar-refractivity contribution in [2.45, 2.75) is 32.2 Å². The Morgan fingerprint density at radius 2 is 1.76 bits per heavy atom. The monoisotopic (exact) mass is 559 g/mol. The summed E-state index contributed by atoms with van der Waals surface area (Å²) in [7, 11) is 0. The van der Waals surface area contributed by atoms with Gasteiger partial charge in [0.2, 0.25) is 5.91 Å². The second-order valence-electron chi connectivity index (χ2n) is 8.89. The summed E-state index contributed by atoms with van der Waals surface area (Å²) < 4.78 is 15.8. The first-order valence-corrected chi connectivity index (χ1v) is 12.6. The van der Waals surface area contributed by atoms with Crippen molar-refractivity contribution in [2.75, 3.05) is 0 Å². The number of pyridine rings is 1. The van der Waals surface area contributed by atoms with Crippen LogP contribution in [-0.4, -0.2) is 32.7 Å². The molecule has 1 atom stereocenters. The van der Waals surface area contributed by atoms with Gasteiger partial charge in [0.25, 0.3) is 0 Å². The maximum Gasteiger partial charge on any atom is 0.303 e. The number of carboxylic acids is 1. The maximum atomic E-state index is 14.9. The SMILES string of the molecule is Cc1nc2ccc(Br)cc2c(-c2ccccc2)c1C1=NN(C(=O)CCC(=O)O)[C@@H](c2ccccc2F)C1. The number of hydrogen-bond acceptors (Lipinski definition) is 4. The molecule has 37 heavy (non-hydrogen) atoms. The quantitative estimate of drug-likeness (QED) is 0.286. The zero-order valence-corrected chi connectivity index (χ0v) is 21.6. The number of rotatable bonds is 6. The van der Waals surface area contributed by atoms with Gasteiger partial charge in [-0.2, -0.15) is 5.10 Å². The molecule has 1 amide bonds. The Hall–Kier alpha value is -3.91. The number of aryl methyl sites for hydroxylation is 1. The van der Waals surface area contributed by atoms with Crippen molar-refractivity contribution in [2.24, 2.45) is 5.10 Å². The van der Waals surface area contributed by atoms with Gasteiger partial charge in [0.05, 0.1) is 23.7 Å². The highest BCUT2D eigenvalue weighted by Gasteiger charge is 2.36. The highest BCUT2D eigenvalue weighted by atomic mass is 79.9. The number of carbonyl (C=O) groups is 2. The average molecular weight is 560 g/mol. The molecular weight excluding hydrogens is 537 g/mol. The van der Waals surface area contributed by atoms with Crippen molar-refractivity contribution in [3.8, 4) is 11.1 Å². The number of fused-ring (bicyclic) bond motifs is 1. The van der Waals surface area contributed by atoms with Gasteiger partial charge >= 0.3 is 5.97 Å². The zero-order valence-electron chi connectivity index (χ0n) is 20.0. The summed E-state index contributed by atoms with van der Waals surface area (Å²) in [5, 5.41) is 16.0. The van der Waals surface area contributed by atoms with Crippen LogP contribution in [0.5, 0.6) is 0 Å². The van der Waals surface area contributed by atoms with Crippen molar-refractivity contribution in [3.05, 3.63) is 99.9 Å². The molecule has 186 valence electrons. The summed E-state index contributed by atoms with van der Waals surface area (Å²) in [5.41, 5.74) is 5.17. The number of nitrogens with zero attached hydrogens (tertiary/aromatic N) is 3. The first-order chi connectivity index (χ1) is 17.8. The molecule has 1 aromatic heterocycles. The molecule has 0 fully saturated rings. The van der Waals surface area contributed by atoms with Gasteiger partial charge in [0.15, 0.2) is 0 Å². The molecule has 3 aromatic carbocycles. The van der Waals surface area contributed by atoms with E-state index in [0.29, 0.717) is 11.3 Å². The highest BCUT2D eigenvalue weighted by molar-refractivity contribution is 9.10. The van der Waals surface area contributed by atoms with Crippen LogP contribution in [0.3, 0.4) is 0 Å². The first kappa shape index (κ1) is 24.8. The lowest BCUT2D eigenvalue weighted by Crippen LogP contribution is -2.28. The Kier molecular flexibility index (Phi) is 6.84. The van der Waals surface area contributed by atoms with Crippen molar-refractivity contribution in [1.82, 2.24) is 9.99 Å². The molecule has 1 aliphatic heterocycles. The number of benzene rings is 3. The summed E-state index contributed by atoms with van der Waals surface area (Å²) in [6, 6.07) is 21.4. The summed E-state index contributed by atoms with van der Waals surface area (Å²) >= 11 is 3.57. The minimum absolute atomic E-state index is 0.232. The fraction of sp³-hybridized carbons (Fsp3) is 0.172. The van der Waals surface area contributed by atoms with E-state index in [1.807, 2.05) is 55.5 Å². The molecular formula is C29H23BrFN3O3. The Bertz CT molecular complexity index is 1560. The van der Waals surface area contributed by atoms with Crippen LogP contribution in [0, 0.1) is 12.7 Å². The molecule has 0 radical (unpaired) electrons. The van der Waals surface area contributed by atoms with Gasteiger partial charge in [0, 0.05) is 45.1 Å². The maximum absolute atomic E-state index is 14.9. The highest BCUT2D eigenvalue weighted by Crippen LogP contribution is 2.40. The lowest BCUT2D eigenvalue weighted by molar-refractivity contribution is -0.141. The van der Waals surface area contributed by atoms with Gasteiger partial charge in [-0.3, -0.25) is 14.6 Å². The van der Waals surface area contributed by atoms with E-state index in [2.05, 4.69) is 15.9 Å². The number of hydrazone groups is 1. The van der Waals surface area contributed by atoms with Crippen LogP contribution < -0.4 is 0 Å². The Balaban J connectivity index is 1.70. The van der Waals surface area contributed by atoms with Crippen molar-refractivity contribution in [1.29, 1.82) is 0 Å². The Labute approximate surface area is 221 Å². The smallest absolute Gasteiger partial charge is 0.303 e. The topological polar surface area (TPSA) is 82.9 Å². The molecule has 4 aromatic rings. The third-order valence-electron chi connectivity index (χ3n) is 6.46. The van der Waals surface area contributed by atoms with Crippen LogP contribution in [-0.2, 0) is 9.59 Å². The van der Waals surface area contributed by atoms with E-state index in [4.69, 9.17) is 15.2 Å². The van der Waals surface area contributed by atoms with Gasteiger partial charge < -0.3 is 5.11 Å². The van der Waals surface area contributed by atoms with Gasteiger partial charge in [-0.1, -0.05) is 64.5 Å². The predicted octanol–water partition coefficient (Wildman–Crippen LogP) is 6.65. The van der Waals surface area contributed by atoms with Crippen LogP contribution in [0.4, 0.5) is 4.39 Å². The van der Waals surface area contributed by atoms with Crippen molar-refractivity contribution >= 4 is 44.4 Å². The molecule has 0 bridgehead atoms. The molecule has 0 saturated carbocycles. The molecule has 0 aliphatic carbocycles. The molecule has 2 heterocycles. The van der Waals surface area contributed by atoms with Crippen molar-refractivity contribution < 1.29 is 19.1 Å². The number of hydrogen-bond donors (Lipinski definition) is 1. The summed E-state index contributed by atoms with van der Waals surface area (Å²) in [4.78, 5) is 29.1. The number of aliphatic carboxylic acids is 1. The van der Waals surface area contributed by atoms with Crippen LogP contribution in [0.2, 0.25) is 0 Å². The minimum atomic E-state index is -1.08. The van der Waals surface area contributed by atoms with E-state index < -0.39 is 23.7 Å². The van der Waals surface area contributed by atoms with E-state index in [0.717, 1.165) is 37.8 Å². The second-order valence-corrected chi connectivity index (χ2v) is 9.81. The molecule has 1 aliphatic rings. The molecule has 0 spiro atoms. The third kappa shape index (κ3) is 4.89. The number of carboxylic acid groups (broad SMARTS) is 1. The number of halogens is 2. The average Bonchev–Trinajstić information content (AvgIpc) is 3.32. The van der Waals surface area contributed by atoms with E-state index in [9.17, 15) is 14.0 Å². The number of carbonyl (C=O) groups excluding carboxylic acids is 1. The van der Waals surface area contributed by atoms with Crippen LogP contribution in [0.25, 0.3) is 22.0 Å². The van der Waals surface area contributed by atoms with Gasteiger partial charge in [-0.15, -0.1) is 0 Å². The lowest BCUT2D eigenvalue weighted by Gasteiger charge is -2.22. The largest absolute Gasteiger partial charge is 0.481 e. The molecule has 1 N–H and O–H groups in total. The zero-order chi connectivity index (χ0) is 26.1. The molecule has 0 unspecified atom stereocenters. The van der Waals surface area contributed by atoms with E-state index in [1.165, 1.54) is 11.1 Å². The summed E-state index contributed by atoms with van der Waals surface area (Å²) in [6.07, 6.45) is -0.295. The Morgan fingerprint density at radius 3 is 2.49 bits per heavy atom. The number of amides is 1. The fourth-order valence-electron chi connectivity index (χ4n) is 4.82. The van der Waals surface area contributed by atoms with Gasteiger partial charge in [-0.05, 0) is 36.8 Å². The molecule has 6 nitrogen and oxygen atoms in total.